The van der Waals surface area contributed by atoms with Gasteiger partial charge in [-0.1, -0.05) is 41.4 Å². The van der Waals surface area contributed by atoms with Gasteiger partial charge in [-0.25, -0.2) is 0 Å². The number of rotatable bonds is 3. The van der Waals surface area contributed by atoms with E-state index < -0.39 is 17.8 Å². The molecule has 1 aliphatic heterocycles. The van der Waals surface area contributed by atoms with Crippen LogP contribution in [0.15, 0.2) is 30.4 Å². The summed E-state index contributed by atoms with van der Waals surface area (Å²) < 4.78 is 0. The number of likely N-dealkylation sites (tertiary alicyclic amines) is 1. The normalized spacial score (nSPS) is 27.0. The summed E-state index contributed by atoms with van der Waals surface area (Å²) in [6.45, 7) is 1.05. The summed E-state index contributed by atoms with van der Waals surface area (Å²) in [6.07, 6.45) is 5.10. The summed E-state index contributed by atoms with van der Waals surface area (Å²) in [5.41, 5.74) is 0.893. The van der Waals surface area contributed by atoms with E-state index in [2.05, 4.69) is 0 Å². The van der Waals surface area contributed by atoms with Crippen molar-refractivity contribution in [2.45, 2.75) is 19.4 Å². The Morgan fingerprint density at radius 2 is 2.09 bits per heavy atom. The molecule has 1 aliphatic carbocycles. The van der Waals surface area contributed by atoms with Crippen molar-refractivity contribution < 1.29 is 14.7 Å². The van der Waals surface area contributed by atoms with Crippen LogP contribution in [0.2, 0.25) is 10.0 Å². The van der Waals surface area contributed by atoms with Crippen molar-refractivity contribution in [2.75, 3.05) is 6.54 Å². The number of hydrogen-bond donors (Lipinski definition) is 1. The Balaban J connectivity index is 1.79. The number of carbonyl (C=O) groups is 2. The van der Waals surface area contributed by atoms with E-state index in [0.717, 1.165) is 12.0 Å². The molecule has 0 radical (unpaired) electrons. The van der Waals surface area contributed by atoms with E-state index in [4.69, 9.17) is 23.2 Å². The third kappa shape index (κ3) is 3.24. The number of carboxylic acid groups (broad SMARTS) is 1. The number of piperidine rings is 1. The van der Waals surface area contributed by atoms with Gasteiger partial charge in [-0.3, -0.25) is 9.59 Å². The highest BCUT2D eigenvalue weighted by Gasteiger charge is 2.44. The van der Waals surface area contributed by atoms with Gasteiger partial charge in [0, 0.05) is 13.1 Å². The molecule has 0 saturated carbocycles. The largest absolute Gasteiger partial charge is 0.481 e. The highest BCUT2D eigenvalue weighted by Crippen LogP contribution is 2.38. The zero-order chi connectivity index (χ0) is 16.6. The zero-order valence-corrected chi connectivity index (χ0v) is 13.9. The third-order valence-electron chi connectivity index (χ3n) is 4.67. The second kappa shape index (κ2) is 6.54. The number of nitrogens with zero attached hydrogens (tertiary/aromatic N) is 1. The van der Waals surface area contributed by atoms with Gasteiger partial charge in [0.15, 0.2) is 0 Å². The molecule has 0 spiro atoms. The predicted octanol–water partition coefficient (Wildman–Crippen LogP) is 3.62. The molecule has 122 valence electrons. The average molecular weight is 354 g/mol. The number of amides is 1. The number of hydrogen-bond acceptors (Lipinski definition) is 2. The molecule has 1 heterocycles. The minimum Gasteiger partial charge on any atom is -0.481 e. The summed E-state index contributed by atoms with van der Waals surface area (Å²) in [6, 6.07) is 5.29. The van der Waals surface area contributed by atoms with E-state index in [1.165, 1.54) is 0 Å². The molecule has 6 heteroatoms. The molecular weight excluding hydrogens is 337 g/mol. The van der Waals surface area contributed by atoms with Gasteiger partial charge in [-0.2, -0.15) is 0 Å². The highest BCUT2D eigenvalue weighted by atomic mass is 35.5. The predicted molar refractivity (Wildman–Crippen MR) is 88.4 cm³/mol. The fourth-order valence-electron chi connectivity index (χ4n) is 3.49. The van der Waals surface area contributed by atoms with E-state index in [1.54, 1.807) is 17.0 Å². The van der Waals surface area contributed by atoms with Gasteiger partial charge in [0.1, 0.15) is 0 Å². The van der Waals surface area contributed by atoms with Gasteiger partial charge in [0.25, 0.3) is 0 Å². The lowest BCUT2D eigenvalue weighted by atomic mass is 9.71. The zero-order valence-electron chi connectivity index (χ0n) is 12.4. The lowest BCUT2D eigenvalue weighted by Gasteiger charge is -2.41. The van der Waals surface area contributed by atoms with Crippen LogP contribution in [-0.2, 0) is 16.1 Å². The van der Waals surface area contributed by atoms with E-state index in [0.29, 0.717) is 29.6 Å². The lowest BCUT2D eigenvalue weighted by molar-refractivity contribution is -0.155. The number of halogens is 2. The van der Waals surface area contributed by atoms with E-state index >= 15 is 0 Å². The average Bonchev–Trinajstić information content (AvgIpc) is 2.53. The maximum absolute atomic E-state index is 12.8. The highest BCUT2D eigenvalue weighted by molar-refractivity contribution is 6.42. The molecule has 1 fully saturated rings. The van der Waals surface area contributed by atoms with Gasteiger partial charge < -0.3 is 10.0 Å². The molecule has 1 unspecified atom stereocenters. The Morgan fingerprint density at radius 1 is 1.30 bits per heavy atom. The molecule has 1 amide bonds. The fraction of sp³-hybridized carbons (Fsp3) is 0.412. The van der Waals surface area contributed by atoms with Gasteiger partial charge in [0.2, 0.25) is 5.91 Å². The second-order valence-electron chi connectivity index (χ2n) is 6.10. The summed E-state index contributed by atoms with van der Waals surface area (Å²) in [5, 5.41) is 10.3. The topological polar surface area (TPSA) is 57.6 Å². The Morgan fingerprint density at radius 3 is 2.78 bits per heavy atom. The summed E-state index contributed by atoms with van der Waals surface area (Å²) in [7, 11) is 0. The van der Waals surface area contributed by atoms with Crippen molar-refractivity contribution in [3.63, 3.8) is 0 Å². The molecule has 0 aromatic heterocycles. The fourth-order valence-corrected chi connectivity index (χ4v) is 3.81. The maximum atomic E-state index is 12.8. The van der Waals surface area contributed by atoms with Crippen LogP contribution in [-0.4, -0.2) is 28.4 Å². The van der Waals surface area contributed by atoms with Crippen LogP contribution in [0.1, 0.15) is 18.4 Å². The Bertz CT molecular complexity index is 674. The second-order valence-corrected chi connectivity index (χ2v) is 6.91. The Kier molecular flexibility index (Phi) is 4.64. The lowest BCUT2D eigenvalue weighted by Crippen LogP contribution is -2.49. The van der Waals surface area contributed by atoms with Gasteiger partial charge >= 0.3 is 5.97 Å². The standard InChI is InChI=1S/C17H17Cl2NO3/c18-13-5-4-10(8-14(13)19)9-20-7-6-11-2-1-3-12(17(22)23)15(11)16(20)21/h1-2,4-5,8,11-12,15H,3,6-7,9H2,(H,22,23)/t11-,12?,15+/m1/s1. The first-order valence-corrected chi connectivity index (χ1v) is 8.35. The van der Waals surface area contributed by atoms with Crippen molar-refractivity contribution in [3.8, 4) is 0 Å². The molecule has 23 heavy (non-hydrogen) atoms. The van der Waals surface area contributed by atoms with Crippen LogP contribution < -0.4 is 0 Å². The van der Waals surface area contributed by atoms with Gasteiger partial charge in [-0.05, 0) is 36.5 Å². The number of carboxylic acids is 1. The van der Waals surface area contributed by atoms with E-state index in [1.807, 2.05) is 18.2 Å². The summed E-state index contributed by atoms with van der Waals surface area (Å²) in [4.78, 5) is 26.0. The number of benzene rings is 1. The van der Waals surface area contributed by atoms with Crippen LogP contribution in [0, 0.1) is 17.8 Å². The summed E-state index contributed by atoms with van der Waals surface area (Å²) in [5.74, 6) is -2.04. The third-order valence-corrected chi connectivity index (χ3v) is 5.41. The first-order valence-electron chi connectivity index (χ1n) is 7.59. The molecule has 0 bridgehead atoms. The Hall–Kier alpha value is -1.52. The van der Waals surface area contributed by atoms with Crippen LogP contribution in [0.25, 0.3) is 0 Å². The SMILES string of the molecule is O=C(O)C1CC=C[C@@H]2CCN(Cc3ccc(Cl)c(Cl)c3)C(=O)[C@H]12. The number of allylic oxidation sites excluding steroid dienone is 2. The minimum atomic E-state index is -0.894. The number of fused-ring (bicyclic) bond motifs is 1. The van der Waals surface area contributed by atoms with Crippen molar-refractivity contribution in [1.29, 1.82) is 0 Å². The van der Waals surface area contributed by atoms with Crippen molar-refractivity contribution >= 4 is 35.1 Å². The van der Waals surface area contributed by atoms with Crippen molar-refractivity contribution in [1.82, 2.24) is 4.90 Å². The quantitative estimate of drug-likeness (QED) is 0.844. The summed E-state index contributed by atoms with van der Waals surface area (Å²) >= 11 is 11.9. The van der Waals surface area contributed by atoms with Crippen molar-refractivity contribution in [2.24, 2.45) is 17.8 Å². The maximum Gasteiger partial charge on any atom is 0.307 e. The minimum absolute atomic E-state index is 0.0300. The number of carbonyl (C=O) groups excluding carboxylic acids is 1. The monoisotopic (exact) mass is 353 g/mol. The molecule has 1 aromatic carbocycles. The molecule has 3 atom stereocenters. The molecule has 1 N–H and O–H groups in total. The van der Waals surface area contributed by atoms with Crippen LogP contribution in [0.5, 0.6) is 0 Å². The van der Waals surface area contributed by atoms with E-state index in [9.17, 15) is 14.7 Å². The molecule has 4 nitrogen and oxygen atoms in total. The first kappa shape index (κ1) is 16.3. The van der Waals surface area contributed by atoms with Crippen LogP contribution >= 0.6 is 23.2 Å². The van der Waals surface area contributed by atoms with Crippen LogP contribution in [0.3, 0.4) is 0 Å². The van der Waals surface area contributed by atoms with E-state index in [-0.39, 0.29) is 11.8 Å². The van der Waals surface area contributed by atoms with Gasteiger partial charge in [-0.15, -0.1) is 0 Å². The number of aliphatic carboxylic acids is 1. The first-order chi connectivity index (χ1) is 11.0. The molecule has 3 rings (SSSR count). The Labute approximate surface area is 144 Å². The molecular formula is C17H17Cl2NO3. The molecule has 2 aliphatic rings. The van der Waals surface area contributed by atoms with Gasteiger partial charge in [0.05, 0.1) is 21.9 Å². The molecule has 1 aromatic rings. The molecule has 1 saturated heterocycles. The van der Waals surface area contributed by atoms with Crippen LogP contribution in [0.4, 0.5) is 0 Å². The smallest absolute Gasteiger partial charge is 0.307 e. The van der Waals surface area contributed by atoms with Crippen molar-refractivity contribution in [3.05, 3.63) is 46.0 Å².